The van der Waals surface area contributed by atoms with E-state index in [1.165, 1.54) is 49.5 Å². The number of amides is 1. The number of benzene rings is 1. The first-order chi connectivity index (χ1) is 21.4. The molecule has 11 heteroatoms. The van der Waals surface area contributed by atoms with Gasteiger partial charge in [-0.25, -0.2) is 0 Å². The van der Waals surface area contributed by atoms with Gasteiger partial charge < -0.3 is 35.1 Å². The number of carbonyl (C=O) groups excluding carboxylic acids is 1. The Balaban J connectivity index is 0.869. The van der Waals surface area contributed by atoms with Gasteiger partial charge in [0.15, 0.2) is 0 Å². The van der Waals surface area contributed by atoms with Crippen molar-refractivity contribution in [3.05, 3.63) is 49.8 Å². The smallest absolute Gasteiger partial charge is 0.305 e. The number of thiophene rings is 1. The molecule has 1 atom stereocenters. The molecule has 0 bridgehead atoms. The second kappa shape index (κ2) is 16.3. The van der Waals surface area contributed by atoms with E-state index in [9.17, 15) is 19.8 Å². The number of rotatable bonds is 16. The van der Waals surface area contributed by atoms with Gasteiger partial charge in [0.1, 0.15) is 11.3 Å². The Morgan fingerprint density at radius 1 is 1.07 bits per heavy atom. The van der Waals surface area contributed by atoms with Crippen LogP contribution in [0.4, 0.5) is 0 Å². The zero-order valence-electron chi connectivity index (χ0n) is 25.7. The first-order valence-corrected chi connectivity index (χ1v) is 18.0. The van der Waals surface area contributed by atoms with Crippen molar-refractivity contribution in [2.45, 2.75) is 82.3 Å². The normalized spacial score (nSPS) is 17.9. The molecule has 0 saturated carbocycles. The summed E-state index contributed by atoms with van der Waals surface area (Å²) in [5, 5.41) is 25.9. The van der Waals surface area contributed by atoms with E-state index in [2.05, 4.69) is 37.6 Å². The third-order valence-corrected chi connectivity index (χ3v) is 11.0. The topological polar surface area (TPSA) is 118 Å². The van der Waals surface area contributed by atoms with Gasteiger partial charge in [-0.1, -0.05) is 55.6 Å². The number of phenolic OH excluding ortho intramolecular Hbond substituents is 1. The number of phenols is 1. The number of hydrogen-bond donors (Lipinski definition) is 4. The molecule has 0 unspecified atom stereocenters. The van der Waals surface area contributed by atoms with Crippen LogP contribution in [0, 0.1) is 0 Å². The average molecular weight is 645 g/mol. The Labute approximate surface area is 268 Å². The molecule has 2 aromatic heterocycles. The molecular formula is C33H48N4O5S2. The zero-order chi connectivity index (χ0) is 30.8. The number of hydrogen-bond acceptors (Lipinski definition) is 9. The largest absolute Gasteiger partial charge is 0.506 e. The lowest BCUT2D eigenvalue weighted by molar-refractivity contribution is -0.159. The molecule has 3 aromatic rings. The molecule has 1 aromatic carbocycles. The highest BCUT2D eigenvalue weighted by atomic mass is 32.1. The first kappa shape index (κ1) is 33.1. The molecule has 0 aliphatic carbocycles. The maximum Gasteiger partial charge on any atom is 0.305 e. The standard InChI is InChI=1S/C33H48N4O5S2/c38-27-12-11-26(31-30(27)35-32(41)44-31)28(39)23-34-16-6-4-2-1-3-5-7-17-36-18-14-33(15-19-36)24-37(20-21-42-33)29(40)13-10-25-9-8-22-43-25/h8-9,11-12,22,28,34,38-39H,1-7,10,13-21,23-24H2,(H,35,41)/t28-/m0/s1. The van der Waals surface area contributed by atoms with Gasteiger partial charge in [-0.15, -0.1) is 11.3 Å². The van der Waals surface area contributed by atoms with E-state index < -0.39 is 6.10 Å². The summed E-state index contributed by atoms with van der Waals surface area (Å²) in [6.45, 7) is 6.66. The van der Waals surface area contributed by atoms with Crippen LogP contribution in [0.3, 0.4) is 0 Å². The van der Waals surface area contributed by atoms with Crippen LogP contribution in [0.5, 0.6) is 5.75 Å². The number of ether oxygens (including phenoxy) is 1. The Kier molecular flexibility index (Phi) is 12.3. The number of aromatic nitrogens is 1. The van der Waals surface area contributed by atoms with Gasteiger partial charge in [-0.3, -0.25) is 9.59 Å². The zero-order valence-corrected chi connectivity index (χ0v) is 27.4. The van der Waals surface area contributed by atoms with Crippen LogP contribution in [-0.4, -0.2) is 88.9 Å². The number of thiazole rings is 1. The molecular weight excluding hydrogens is 597 g/mol. The maximum absolute atomic E-state index is 12.9. The predicted octanol–water partition coefficient (Wildman–Crippen LogP) is 5.04. The van der Waals surface area contributed by atoms with Crippen molar-refractivity contribution in [1.29, 1.82) is 0 Å². The highest BCUT2D eigenvalue weighted by Gasteiger charge is 2.40. The predicted molar refractivity (Wildman–Crippen MR) is 178 cm³/mol. The summed E-state index contributed by atoms with van der Waals surface area (Å²) in [4.78, 5) is 32.9. The highest BCUT2D eigenvalue weighted by Crippen LogP contribution is 2.32. The van der Waals surface area contributed by atoms with E-state index in [1.54, 1.807) is 17.4 Å². The fraction of sp³-hybridized carbons (Fsp3) is 0.636. The SMILES string of the molecule is O=C(CCc1cccs1)N1CCOC2(CCN(CCCCCCCCCNC[C@H](O)c3ccc(O)c4[nH]c(=O)sc34)CC2)C1. The molecule has 0 radical (unpaired) electrons. The Hall–Kier alpha value is -2.28. The summed E-state index contributed by atoms with van der Waals surface area (Å²) >= 11 is 2.74. The van der Waals surface area contributed by atoms with Crippen molar-refractivity contribution < 1.29 is 19.7 Å². The van der Waals surface area contributed by atoms with Crippen LogP contribution in [0.25, 0.3) is 10.2 Å². The molecule has 2 saturated heterocycles. The first-order valence-electron chi connectivity index (χ1n) is 16.3. The second-order valence-electron chi connectivity index (χ2n) is 12.4. The van der Waals surface area contributed by atoms with Crippen molar-refractivity contribution in [3.63, 3.8) is 0 Å². The average Bonchev–Trinajstić information content (AvgIpc) is 3.70. The van der Waals surface area contributed by atoms with Crippen LogP contribution >= 0.6 is 22.7 Å². The minimum absolute atomic E-state index is 0.0271. The van der Waals surface area contributed by atoms with E-state index in [1.807, 2.05) is 0 Å². The second-order valence-corrected chi connectivity index (χ2v) is 14.4. The Bertz CT molecular complexity index is 1370. The molecule has 5 rings (SSSR count). The fourth-order valence-corrected chi connectivity index (χ4v) is 8.13. The number of aromatic amines is 1. The van der Waals surface area contributed by atoms with Crippen molar-refractivity contribution >= 4 is 38.8 Å². The minimum Gasteiger partial charge on any atom is -0.506 e. The molecule has 1 amide bonds. The lowest BCUT2D eigenvalue weighted by Crippen LogP contribution is -2.58. The van der Waals surface area contributed by atoms with E-state index in [0.717, 1.165) is 76.3 Å². The number of nitrogens with one attached hydrogen (secondary N) is 2. The summed E-state index contributed by atoms with van der Waals surface area (Å²) in [5.74, 6) is 0.294. The van der Waals surface area contributed by atoms with Crippen molar-refractivity contribution in [2.75, 3.05) is 52.4 Å². The Morgan fingerprint density at radius 2 is 1.84 bits per heavy atom. The van der Waals surface area contributed by atoms with Crippen LogP contribution in [0.15, 0.2) is 34.4 Å². The third kappa shape index (κ3) is 9.14. The summed E-state index contributed by atoms with van der Waals surface area (Å²) in [6.07, 6.45) is 11.2. The van der Waals surface area contributed by atoms with Crippen molar-refractivity contribution in [3.8, 4) is 5.75 Å². The number of fused-ring (bicyclic) bond motifs is 1. The monoisotopic (exact) mass is 644 g/mol. The number of morpholine rings is 1. The van der Waals surface area contributed by atoms with Crippen LogP contribution in [0.2, 0.25) is 0 Å². The third-order valence-electron chi connectivity index (χ3n) is 9.15. The van der Waals surface area contributed by atoms with Crippen molar-refractivity contribution in [1.82, 2.24) is 20.1 Å². The molecule has 9 nitrogen and oxygen atoms in total. The van der Waals surface area contributed by atoms with E-state index >= 15 is 0 Å². The van der Waals surface area contributed by atoms with E-state index in [-0.39, 0.29) is 22.1 Å². The number of aryl methyl sites for hydroxylation is 1. The molecule has 4 heterocycles. The summed E-state index contributed by atoms with van der Waals surface area (Å²) < 4.78 is 6.91. The summed E-state index contributed by atoms with van der Waals surface area (Å²) in [7, 11) is 0. The van der Waals surface area contributed by atoms with Crippen LogP contribution in [0.1, 0.15) is 80.8 Å². The summed E-state index contributed by atoms with van der Waals surface area (Å²) in [6, 6.07) is 7.37. The maximum atomic E-state index is 12.9. The minimum atomic E-state index is -0.726. The number of nitrogens with zero attached hydrogens (tertiary/aromatic N) is 2. The van der Waals surface area contributed by atoms with Gasteiger partial charge in [0.2, 0.25) is 5.91 Å². The van der Waals surface area contributed by atoms with Crippen LogP contribution < -0.4 is 10.2 Å². The number of carbonyl (C=O) groups is 1. The van der Waals surface area contributed by atoms with Gasteiger partial charge in [0.05, 0.1) is 23.0 Å². The van der Waals surface area contributed by atoms with Gasteiger partial charge in [-0.2, -0.15) is 0 Å². The fourth-order valence-electron chi connectivity index (χ4n) is 6.51. The molecule has 4 N–H and O–H groups in total. The number of aromatic hydroxyl groups is 1. The van der Waals surface area contributed by atoms with Gasteiger partial charge in [-0.05, 0) is 62.7 Å². The number of unbranched alkanes of at least 4 members (excludes halogenated alkanes) is 6. The lowest BCUT2D eigenvalue weighted by atomic mass is 9.89. The number of likely N-dealkylation sites (tertiary alicyclic amines) is 1. The highest BCUT2D eigenvalue weighted by molar-refractivity contribution is 7.16. The number of H-pyrrole nitrogens is 1. The number of piperidine rings is 1. The van der Waals surface area contributed by atoms with Gasteiger partial charge in [0, 0.05) is 49.6 Å². The molecule has 2 aliphatic rings. The van der Waals surface area contributed by atoms with E-state index in [0.29, 0.717) is 35.4 Å². The lowest BCUT2D eigenvalue weighted by Gasteiger charge is -2.47. The Morgan fingerprint density at radius 3 is 2.61 bits per heavy atom. The molecule has 2 fully saturated rings. The quantitative estimate of drug-likeness (QED) is 0.162. The number of aliphatic hydroxyl groups is 1. The summed E-state index contributed by atoms with van der Waals surface area (Å²) in [5.41, 5.74) is 0.916. The molecule has 242 valence electrons. The van der Waals surface area contributed by atoms with Crippen LogP contribution in [-0.2, 0) is 16.0 Å². The molecule has 2 aliphatic heterocycles. The van der Waals surface area contributed by atoms with Crippen molar-refractivity contribution in [2.24, 2.45) is 0 Å². The number of aliphatic hydroxyl groups excluding tert-OH is 1. The van der Waals surface area contributed by atoms with Gasteiger partial charge >= 0.3 is 4.87 Å². The molecule has 1 spiro atoms. The van der Waals surface area contributed by atoms with E-state index in [4.69, 9.17) is 4.74 Å². The van der Waals surface area contributed by atoms with Gasteiger partial charge in [0.25, 0.3) is 0 Å². The molecule has 44 heavy (non-hydrogen) atoms.